The Bertz CT molecular complexity index is 997. The third kappa shape index (κ3) is 3.88. The molecule has 2 saturated heterocycles. The molecule has 2 aromatic rings. The molecule has 10 heteroatoms. The maximum Gasteiger partial charge on any atom is 0.415 e. The second-order valence-electron chi connectivity index (χ2n) is 6.96. The lowest BCUT2D eigenvalue weighted by atomic mass is 10.1. The summed E-state index contributed by atoms with van der Waals surface area (Å²) in [5.41, 5.74) is 6.31. The number of benzene rings is 1. The zero-order valence-corrected chi connectivity index (χ0v) is 15.9. The van der Waals surface area contributed by atoms with Crippen molar-refractivity contribution in [3.63, 3.8) is 0 Å². The number of cyclic esters (lactones) is 2. The van der Waals surface area contributed by atoms with Gasteiger partial charge in [0.05, 0.1) is 18.8 Å². The van der Waals surface area contributed by atoms with Crippen molar-refractivity contribution in [2.75, 3.05) is 29.5 Å². The summed E-state index contributed by atoms with van der Waals surface area (Å²) >= 11 is 0. The van der Waals surface area contributed by atoms with Crippen molar-refractivity contribution >= 4 is 29.6 Å². The molecule has 2 fully saturated rings. The van der Waals surface area contributed by atoms with Crippen LogP contribution in [0.4, 0.5) is 25.5 Å². The van der Waals surface area contributed by atoms with E-state index in [2.05, 4.69) is 4.98 Å². The van der Waals surface area contributed by atoms with Crippen molar-refractivity contribution in [1.29, 1.82) is 0 Å². The van der Waals surface area contributed by atoms with Crippen molar-refractivity contribution in [1.82, 2.24) is 4.98 Å². The quantitative estimate of drug-likeness (QED) is 0.776. The van der Waals surface area contributed by atoms with Crippen LogP contribution in [0.1, 0.15) is 12.8 Å². The van der Waals surface area contributed by atoms with Crippen LogP contribution in [0.2, 0.25) is 0 Å². The molecule has 9 nitrogen and oxygen atoms in total. The molecule has 2 N–H and O–H groups in total. The number of carbonyl (C=O) groups excluding carboxylic acids is 3. The first-order valence-corrected chi connectivity index (χ1v) is 9.39. The number of pyridine rings is 1. The van der Waals surface area contributed by atoms with Crippen LogP contribution >= 0.6 is 0 Å². The molecule has 3 amide bonds. The lowest BCUT2D eigenvalue weighted by Crippen LogP contribution is -2.25. The van der Waals surface area contributed by atoms with Crippen molar-refractivity contribution in [3.8, 4) is 11.1 Å². The molecule has 0 saturated carbocycles. The number of aromatic nitrogens is 1. The molecule has 2 aliphatic heterocycles. The third-order valence-electron chi connectivity index (χ3n) is 4.95. The van der Waals surface area contributed by atoms with Crippen molar-refractivity contribution < 1.29 is 28.2 Å². The highest BCUT2D eigenvalue weighted by molar-refractivity contribution is 5.90. The zero-order valence-electron chi connectivity index (χ0n) is 15.9. The summed E-state index contributed by atoms with van der Waals surface area (Å²) in [4.78, 5) is 41.6. The molecule has 0 radical (unpaired) electrons. The molecule has 30 heavy (non-hydrogen) atoms. The number of nitrogens with two attached hydrogens (primary N) is 1. The van der Waals surface area contributed by atoms with Gasteiger partial charge in [-0.15, -0.1) is 0 Å². The van der Waals surface area contributed by atoms with Crippen LogP contribution < -0.4 is 15.5 Å². The van der Waals surface area contributed by atoms with Gasteiger partial charge in [-0.2, -0.15) is 0 Å². The van der Waals surface area contributed by atoms with Gasteiger partial charge in [0.2, 0.25) is 5.91 Å². The van der Waals surface area contributed by atoms with E-state index < -0.39 is 30.0 Å². The summed E-state index contributed by atoms with van der Waals surface area (Å²) in [6.07, 6.45) is 0.375. The van der Waals surface area contributed by atoms with Crippen LogP contribution in [-0.4, -0.2) is 48.9 Å². The number of amides is 3. The maximum atomic E-state index is 14.8. The molecule has 1 atom stereocenters. The minimum absolute atomic E-state index is 0.108. The molecule has 4 rings (SSSR count). The number of rotatable bonds is 6. The monoisotopic (exact) mass is 414 g/mol. The van der Waals surface area contributed by atoms with E-state index in [1.807, 2.05) is 0 Å². The topological polar surface area (TPSA) is 115 Å². The first kappa shape index (κ1) is 19.6. The Labute approximate surface area is 171 Å². The van der Waals surface area contributed by atoms with Gasteiger partial charge in [0.25, 0.3) is 0 Å². The molecule has 0 aliphatic carbocycles. The van der Waals surface area contributed by atoms with Crippen molar-refractivity contribution in [3.05, 3.63) is 42.3 Å². The lowest BCUT2D eigenvalue weighted by molar-refractivity contribution is -0.118. The number of carbonyl (C=O) groups is 3. The average Bonchev–Trinajstić information content (AvgIpc) is 3.32. The number of anilines is 2. The SMILES string of the molecule is NC(=O)CCC1CN(c2ccc(-c3ccc(N4CCOC4=O)nc3)c(F)c2)C(=O)O1. The highest BCUT2D eigenvalue weighted by atomic mass is 19.1. The van der Waals surface area contributed by atoms with E-state index in [1.165, 1.54) is 22.1 Å². The molecule has 2 aliphatic rings. The maximum absolute atomic E-state index is 14.8. The van der Waals surface area contributed by atoms with E-state index in [0.29, 0.717) is 42.2 Å². The standard InChI is InChI=1S/C20H19FN4O5/c21-16-9-13(25-11-14(30-20(25)28)3-5-17(22)26)2-4-15(16)12-1-6-18(23-10-12)24-7-8-29-19(24)27/h1-2,4,6,9-10,14H,3,5,7-8,11H2,(H2,22,26). The van der Waals surface area contributed by atoms with Crippen LogP contribution in [0.25, 0.3) is 11.1 Å². The Morgan fingerprint density at radius 2 is 2.03 bits per heavy atom. The van der Waals surface area contributed by atoms with Crippen molar-refractivity contribution in [2.24, 2.45) is 5.73 Å². The van der Waals surface area contributed by atoms with Gasteiger partial charge in [0.1, 0.15) is 24.3 Å². The minimum atomic E-state index is -0.597. The normalized spacial score (nSPS) is 18.5. The molecule has 0 bridgehead atoms. The zero-order chi connectivity index (χ0) is 21.3. The number of primary amides is 1. The number of hydrogen-bond donors (Lipinski definition) is 1. The van der Waals surface area contributed by atoms with Gasteiger partial charge >= 0.3 is 12.2 Å². The predicted octanol–water partition coefficient (Wildman–Crippen LogP) is 2.44. The molecular formula is C20H19FN4O5. The third-order valence-corrected chi connectivity index (χ3v) is 4.95. The molecule has 1 aromatic heterocycles. The second kappa shape index (κ2) is 7.97. The lowest BCUT2D eigenvalue weighted by Gasteiger charge is -2.15. The number of hydrogen-bond acceptors (Lipinski definition) is 6. The number of ether oxygens (including phenoxy) is 2. The molecule has 3 heterocycles. The Balaban J connectivity index is 1.49. The Morgan fingerprint density at radius 3 is 2.67 bits per heavy atom. The average molecular weight is 414 g/mol. The van der Waals surface area contributed by atoms with E-state index in [1.54, 1.807) is 24.3 Å². The molecule has 1 aromatic carbocycles. The van der Waals surface area contributed by atoms with Gasteiger partial charge in [-0.3, -0.25) is 14.6 Å². The minimum Gasteiger partial charge on any atom is -0.447 e. The second-order valence-corrected chi connectivity index (χ2v) is 6.96. The first-order chi connectivity index (χ1) is 14.4. The van der Waals surface area contributed by atoms with Crippen LogP contribution in [-0.2, 0) is 14.3 Å². The van der Waals surface area contributed by atoms with E-state index in [0.717, 1.165) is 0 Å². The smallest absolute Gasteiger partial charge is 0.415 e. The fourth-order valence-electron chi connectivity index (χ4n) is 3.40. The summed E-state index contributed by atoms with van der Waals surface area (Å²) in [6, 6.07) is 7.70. The summed E-state index contributed by atoms with van der Waals surface area (Å²) in [7, 11) is 0. The fourth-order valence-corrected chi connectivity index (χ4v) is 3.40. The highest BCUT2D eigenvalue weighted by Gasteiger charge is 2.32. The van der Waals surface area contributed by atoms with E-state index >= 15 is 0 Å². The van der Waals surface area contributed by atoms with Crippen LogP contribution in [0, 0.1) is 5.82 Å². The summed E-state index contributed by atoms with van der Waals surface area (Å²) in [5, 5.41) is 0. The molecule has 0 spiro atoms. The van der Waals surface area contributed by atoms with Crippen molar-refractivity contribution in [2.45, 2.75) is 18.9 Å². The van der Waals surface area contributed by atoms with Crippen LogP contribution in [0.15, 0.2) is 36.5 Å². The van der Waals surface area contributed by atoms with Gasteiger partial charge in [-0.1, -0.05) is 0 Å². The van der Waals surface area contributed by atoms with Gasteiger partial charge in [-0.25, -0.2) is 19.0 Å². The summed E-state index contributed by atoms with van der Waals surface area (Å²) < 4.78 is 24.9. The largest absolute Gasteiger partial charge is 0.447 e. The van der Waals surface area contributed by atoms with E-state index in [4.69, 9.17) is 15.2 Å². The number of nitrogens with zero attached hydrogens (tertiary/aromatic N) is 3. The van der Waals surface area contributed by atoms with Crippen LogP contribution in [0.5, 0.6) is 0 Å². The van der Waals surface area contributed by atoms with E-state index in [-0.39, 0.29) is 13.0 Å². The number of halogens is 1. The van der Waals surface area contributed by atoms with Gasteiger partial charge in [0, 0.05) is 23.7 Å². The predicted molar refractivity (Wildman–Crippen MR) is 104 cm³/mol. The Kier molecular flexibility index (Phi) is 5.21. The first-order valence-electron chi connectivity index (χ1n) is 9.39. The Morgan fingerprint density at radius 1 is 1.20 bits per heavy atom. The van der Waals surface area contributed by atoms with Gasteiger partial charge in [0.15, 0.2) is 0 Å². The summed E-state index contributed by atoms with van der Waals surface area (Å²) in [6.45, 7) is 0.939. The highest BCUT2D eigenvalue weighted by Crippen LogP contribution is 2.30. The Hall–Kier alpha value is -3.69. The fraction of sp³-hybridized carbons (Fsp3) is 0.300. The van der Waals surface area contributed by atoms with E-state index in [9.17, 15) is 18.8 Å². The van der Waals surface area contributed by atoms with Gasteiger partial charge < -0.3 is 15.2 Å². The molecule has 1 unspecified atom stereocenters. The van der Waals surface area contributed by atoms with Crippen LogP contribution in [0.3, 0.4) is 0 Å². The molecule has 156 valence electrons. The molecular weight excluding hydrogens is 395 g/mol. The summed E-state index contributed by atoms with van der Waals surface area (Å²) in [5.74, 6) is -0.572. The van der Waals surface area contributed by atoms with Gasteiger partial charge in [-0.05, 0) is 36.8 Å².